The number of nitrogen functional groups attached to an aromatic ring is 1. The van der Waals surface area contributed by atoms with Crippen molar-refractivity contribution in [1.82, 2.24) is 4.98 Å². The van der Waals surface area contributed by atoms with E-state index in [2.05, 4.69) is 4.98 Å². The first-order chi connectivity index (χ1) is 11.2. The molecule has 2 aromatic heterocycles. The van der Waals surface area contributed by atoms with Crippen molar-refractivity contribution in [1.29, 1.82) is 0 Å². The molecule has 24 heavy (non-hydrogen) atoms. The van der Waals surface area contributed by atoms with Crippen molar-refractivity contribution in [3.05, 3.63) is 71.6 Å². The molecule has 0 amide bonds. The molecule has 0 saturated carbocycles. The third kappa shape index (κ3) is 3.74. The average molecular weight is 378 g/mol. The molecule has 4 nitrogen and oxygen atoms in total. The average Bonchev–Trinajstić information content (AvgIpc) is 3.30. The molecule has 0 unspecified atom stereocenters. The second-order valence-corrected chi connectivity index (χ2v) is 5.83. The zero-order valence-corrected chi connectivity index (χ0v) is 14.4. The number of carbonyl (C=O) groups is 1. The fraction of sp³-hybridized carbons (Fsp3) is 0. The first-order valence-electron chi connectivity index (χ1n) is 6.98. The molecular weight excluding hydrogens is 364 g/mol. The van der Waals surface area contributed by atoms with Crippen molar-refractivity contribution in [2.75, 3.05) is 5.73 Å². The van der Waals surface area contributed by atoms with Gasteiger partial charge in [-0.05, 0) is 0 Å². The van der Waals surface area contributed by atoms with Gasteiger partial charge in [-0.2, -0.15) is 24.3 Å². The smallest absolute Gasteiger partial charge is 0.348 e. The summed E-state index contributed by atoms with van der Waals surface area (Å²) in [6.45, 7) is 0. The maximum absolute atomic E-state index is 11.0. The summed E-state index contributed by atoms with van der Waals surface area (Å²) in [7, 11) is 0. The number of pyridine rings is 1. The maximum atomic E-state index is 11.0. The van der Waals surface area contributed by atoms with E-state index in [-0.39, 0.29) is 21.9 Å². The van der Waals surface area contributed by atoms with E-state index in [1.807, 2.05) is 66.7 Å². The number of fused-ring (bicyclic) bond motifs is 1. The molecule has 3 N–H and O–H groups in total. The van der Waals surface area contributed by atoms with Gasteiger partial charge in [-0.3, -0.25) is 0 Å². The summed E-state index contributed by atoms with van der Waals surface area (Å²) in [4.78, 5) is 16.3. The number of hydrogen-bond acceptors (Lipinski definition) is 4. The molecule has 0 aliphatic heterocycles. The first kappa shape index (κ1) is 17.9. The van der Waals surface area contributed by atoms with Gasteiger partial charge in [-0.1, -0.05) is 0 Å². The molecule has 6 heteroatoms. The Hall–Kier alpha value is -2.40. The Morgan fingerprint density at radius 1 is 1.21 bits per heavy atom. The van der Waals surface area contributed by atoms with Crippen LogP contribution in [0.1, 0.15) is 9.67 Å². The van der Waals surface area contributed by atoms with Crippen LogP contribution in [0.25, 0.3) is 21.5 Å². The van der Waals surface area contributed by atoms with Gasteiger partial charge < -0.3 is 57.4 Å². The Bertz CT molecular complexity index is 895. The van der Waals surface area contributed by atoms with Crippen LogP contribution in [-0.4, -0.2) is 16.1 Å². The van der Waals surface area contributed by atoms with Crippen LogP contribution in [0, 0.1) is 0 Å². The molecule has 0 radical (unpaired) electrons. The first-order valence-corrected chi connectivity index (χ1v) is 7.79. The van der Waals surface area contributed by atoms with E-state index in [9.17, 15) is 4.79 Å². The van der Waals surface area contributed by atoms with Crippen LogP contribution in [0.15, 0.2) is 66.7 Å². The minimum atomic E-state index is -1.01. The van der Waals surface area contributed by atoms with Crippen molar-refractivity contribution in [2.45, 2.75) is 0 Å². The van der Waals surface area contributed by atoms with E-state index in [0.29, 0.717) is 15.9 Å². The Labute approximate surface area is 153 Å². The van der Waals surface area contributed by atoms with E-state index in [0.717, 1.165) is 22.6 Å². The van der Waals surface area contributed by atoms with Gasteiger partial charge in [0.15, 0.2) is 0 Å². The number of nitrogens with zero attached hydrogens (tertiary/aromatic N) is 1. The van der Waals surface area contributed by atoms with Gasteiger partial charge in [0.25, 0.3) is 0 Å². The molecule has 2 heterocycles. The molecule has 4 aromatic rings. The maximum Gasteiger partial charge on any atom is 0.348 e. The molecule has 0 aliphatic carbocycles. The van der Waals surface area contributed by atoms with E-state index >= 15 is 0 Å². The molecule has 0 atom stereocenters. The van der Waals surface area contributed by atoms with Crippen LogP contribution in [0.4, 0.5) is 5.69 Å². The van der Waals surface area contributed by atoms with Crippen LogP contribution in [-0.2, 0) is 17.1 Å². The molecule has 0 bridgehead atoms. The van der Waals surface area contributed by atoms with Crippen LogP contribution in [0.2, 0.25) is 0 Å². The summed E-state index contributed by atoms with van der Waals surface area (Å²) in [5.41, 5.74) is 7.93. The largest absolute Gasteiger partial charge is 0.664 e. The second-order valence-electron chi connectivity index (χ2n) is 4.84. The molecule has 4 rings (SSSR count). The number of thiophene rings is 1. The quantitative estimate of drug-likeness (QED) is 0.401. The molecule has 0 fully saturated rings. The molecule has 0 saturated heterocycles. The van der Waals surface area contributed by atoms with Crippen molar-refractivity contribution in [3.63, 3.8) is 0 Å². The molecule has 2 aromatic carbocycles. The SMILES string of the molecule is Nc1c(C(=O)O)sc2nc(-[c-]3[cH-][cH-][cH-][cH-]3)ccc12.[Fe].c1cc[cH-]c1. The van der Waals surface area contributed by atoms with Crippen LogP contribution < -0.4 is 5.73 Å². The van der Waals surface area contributed by atoms with Gasteiger partial charge in [0, 0.05) is 22.5 Å². The Kier molecular flexibility index (Phi) is 5.93. The van der Waals surface area contributed by atoms with E-state index < -0.39 is 5.97 Å². The number of nitrogens with two attached hydrogens (primary N) is 1. The van der Waals surface area contributed by atoms with Crippen LogP contribution in [0.3, 0.4) is 0 Å². The van der Waals surface area contributed by atoms with Gasteiger partial charge >= 0.3 is 5.97 Å². The van der Waals surface area contributed by atoms with Crippen molar-refractivity contribution in [2.24, 2.45) is 0 Å². The predicted octanol–water partition coefficient (Wildman–Crippen LogP) is 4.37. The summed E-state index contributed by atoms with van der Waals surface area (Å²) in [6.07, 6.45) is 0. The van der Waals surface area contributed by atoms with Gasteiger partial charge in [-0.15, -0.1) is 11.3 Å². The van der Waals surface area contributed by atoms with Crippen LogP contribution in [0.5, 0.6) is 0 Å². The number of hydrogen-bond donors (Lipinski definition) is 2. The summed E-state index contributed by atoms with van der Waals surface area (Å²) in [5, 5.41) is 9.72. The second kappa shape index (κ2) is 7.92. The normalized spacial score (nSPS) is 9.83. The number of aromatic nitrogens is 1. The molecule has 0 aliphatic rings. The Balaban J connectivity index is 0.000000300. The summed E-state index contributed by atoms with van der Waals surface area (Å²) in [6, 6.07) is 21.5. The summed E-state index contributed by atoms with van der Waals surface area (Å²) in [5.74, 6) is -1.01. The zero-order valence-electron chi connectivity index (χ0n) is 12.5. The van der Waals surface area contributed by atoms with Crippen LogP contribution >= 0.6 is 11.3 Å². The van der Waals surface area contributed by atoms with Gasteiger partial charge in [-0.25, -0.2) is 16.9 Å². The Morgan fingerprint density at radius 2 is 1.88 bits per heavy atom. The minimum absolute atomic E-state index is 0. The molecule has 0 spiro atoms. The summed E-state index contributed by atoms with van der Waals surface area (Å²) < 4.78 is 0. The van der Waals surface area contributed by atoms with Crippen molar-refractivity contribution < 1.29 is 27.0 Å². The standard InChI is InChI=1S/C13H9N2O2S.C5H5.Fe/c14-10-8-5-6-9(7-3-1-2-4-7)15-12(8)18-11(10)13(16)17;1-2-4-5-3-1;/h1-6H,14H2,(H,16,17);1-5H;/q-5;-1;. The van der Waals surface area contributed by atoms with Gasteiger partial charge in [0.1, 0.15) is 4.88 Å². The molecule has 128 valence electrons. The van der Waals surface area contributed by atoms with Gasteiger partial charge in [0.2, 0.25) is 0 Å². The molecular formula is C18H14FeN2O2S-6. The van der Waals surface area contributed by atoms with E-state index in [1.165, 1.54) is 0 Å². The number of rotatable bonds is 2. The monoisotopic (exact) mass is 378 g/mol. The van der Waals surface area contributed by atoms with E-state index in [4.69, 9.17) is 10.8 Å². The van der Waals surface area contributed by atoms with E-state index in [1.54, 1.807) is 0 Å². The fourth-order valence-electron chi connectivity index (χ4n) is 2.18. The minimum Gasteiger partial charge on any atom is -0.664 e. The Morgan fingerprint density at radius 3 is 2.42 bits per heavy atom. The topological polar surface area (TPSA) is 76.2 Å². The fourth-order valence-corrected chi connectivity index (χ4v) is 3.11. The number of carboxylic acids is 1. The third-order valence-corrected chi connectivity index (χ3v) is 4.41. The van der Waals surface area contributed by atoms with Crippen molar-refractivity contribution >= 4 is 33.2 Å². The number of anilines is 1. The van der Waals surface area contributed by atoms with Crippen molar-refractivity contribution in [3.8, 4) is 11.3 Å². The number of aromatic carboxylic acids is 1. The van der Waals surface area contributed by atoms with Gasteiger partial charge in [0.05, 0.1) is 10.5 Å². The number of carboxylic acid groups (broad SMARTS) is 1. The summed E-state index contributed by atoms with van der Waals surface area (Å²) >= 11 is 1.11. The zero-order chi connectivity index (χ0) is 16.2. The predicted molar refractivity (Wildman–Crippen MR) is 94.1 cm³/mol. The third-order valence-electron chi connectivity index (χ3n) is 3.30.